The van der Waals surface area contributed by atoms with Crippen molar-refractivity contribution in [3.8, 4) is 0 Å². The number of hydrogen-bond donors (Lipinski definition) is 3. The first-order valence-electron chi connectivity index (χ1n) is 4.64. The van der Waals surface area contributed by atoms with Crippen molar-refractivity contribution in [2.45, 2.75) is 39.1 Å². The van der Waals surface area contributed by atoms with E-state index >= 15 is 0 Å². The molecule has 4 heteroatoms. The van der Waals surface area contributed by atoms with Gasteiger partial charge < -0.3 is 20.1 Å². The second kappa shape index (κ2) is 7.26. The van der Waals surface area contributed by atoms with Crippen LogP contribution in [0.3, 0.4) is 0 Å². The molecule has 0 amide bonds. The Hall–Kier alpha value is -0.160. The van der Waals surface area contributed by atoms with Crippen LogP contribution < -0.4 is 0 Å². The summed E-state index contributed by atoms with van der Waals surface area (Å²) in [7, 11) is 0. The number of hydrogen-bond acceptors (Lipinski definition) is 4. The van der Waals surface area contributed by atoms with Crippen molar-refractivity contribution in [2.75, 3.05) is 13.2 Å². The van der Waals surface area contributed by atoms with Crippen molar-refractivity contribution < 1.29 is 20.1 Å². The predicted molar refractivity (Wildman–Crippen MR) is 49.1 cm³/mol. The predicted octanol–water partition coefficient (Wildman–Crippen LogP) is 0.111. The highest BCUT2D eigenvalue weighted by Gasteiger charge is 2.08. The maximum absolute atomic E-state index is 9.23. The van der Waals surface area contributed by atoms with E-state index in [2.05, 4.69) is 13.8 Å². The zero-order valence-electron chi connectivity index (χ0n) is 8.31. The first-order valence-corrected chi connectivity index (χ1v) is 4.64. The van der Waals surface area contributed by atoms with Gasteiger partial charge in [0.05, 0.1) is 13.2 Å². The lowest BCUT2D eigenvalue weighted by atomic mass is 10.1. The Kier molecular flexibility index (Phi) is 7.17. The van der Waals surface area contributed by atoms with Gasteiger partial charge in [0, 0.05) is 0 Å². The lowest BCUT2D eigenvalue weighted by Gasteiger charge is -2.14. The van der Waals surface area contributed by atoms with Gasteiger partial charge in [0.25, 0.3) is 0 Å². The highest BCUT2D eigenvalue weighted by molar-refractivity contribution is 4.52. The van der Waals surface area contributed by atoms with E-state index in [-0.39, 0.29) is 13.2 Å². The fourth-order valence-corrected chi connectivity index (χ4v) is 0.834. The molecule has 0 aromatic rings. The summed E-state index contributed by atoms with van der Waals surface area (Å²) in [6.45, 7) is 3.78. The molecule has 0 bridgehead atoms. The molecule has 80 valence electrons. The van der Waals surface area contributed by atoms with Crippen LogP contribution in [0, 0.1) is 5.92 Å². The molecule has 4 nitrogen and oxygen atoms in total. The van der Waals surface area contributed by atoms with E-state index in [1.54, 1.807) is 0 Å². The Labute approximate surface area is 79.2 Å². The van der Waals surface area contributed by atoms with Crippen molar-refractivity contribution in [3.63, 3.8) is 0 Å². The van der Waals surface area contributed by atoms with Crippen molar-refractivity contribution in [3.05, 3.63) is 0 Å². The molecule has 0 aliphatic carbocycles. The molecule has 2 atom stereocenters. The molecular weight excluding hydrogens is 172 g/mol. The smallest absolute Gasteiger partial charge is 0.154 e. The van der Waals surface area contributed by atoms with Crippen LogP contribution in [0.15, 0.2) is 0 Å². The van der Waals surface area contributed by atoms with Gasteiger partial charge in [-0.3, -0.25) is 0 Å². The van der Waals surface area contributed by atoms with Crippen LogP contribution in [-0.4, -0.2) is 40.9 Å². The average molecular weight is 192 g/mol. The van der Waals surface area contributed by atoms with Gasteiger partial charge in [0.2, 0.25) is 0 Å². The van der Waals surface area contributed by atoms with Gasteiger partial charge in [-0.05, 0) is 18.8 Å². The fraction of sp³-hybridized carbons (Fsp3) is 1.00. The molecule has 0 aliphatic heterocycles. The van der Waals surface area contributed by atoms with Crippen molar-refractivity contribution in [1.29, 1.82) is 0 Å². The third-order valence-corrected chi connectivity index (χ3v) is 1.68. The van der Waals surface area contributed by atoms with E-state index in [0.29, 0.717) is 12.3 Å². The second-order valence-corrected chi connectivity index (χ2v) is 3.60. The monoisotopic (exact) mass is 192 g/mol. The zero-order chi connectivity index (χ0) is 10.3. The summed E-state index contributed by atoms with van der Waals surface area (Å²) in [6.07, 6.45) is -0.274. The third kappa shape index (κ3) is 8.18. The average Bonchev–Trinajstić information content (AvgIpc) is 2.10. The largest absolute Gasteiger partial charge is 0.394 e. The Balaban J connectivity index is 3.34. The summed E-state index contributed by atoms with van der Waals surface area (Å²) in [5, 5.41) is 26.6. The minimum absolute atomic E-state index is 0.0181. The molecular formula is C9H20O4. The normalized spacial score (nSPS) is 16.2. The first-order chi connectivity index (χ1) is 6.06. The topological polar surface area (TPSA) is 69.9 Å². The highest BCUT2D eigenvalue weighted by atomic mass is 16.6. The van der Waals surface area contributed by atoms with Gasteiger partial charge in [-0.2, -0.15) is 0 Å². The fourth-order valence-electron chi connectivity index (χ4n) is 0.834. The van der Waals surface area contributed by atoms with Gasteiger partial charge in [-0.15, -0.1) is 0 Å². The van der Waals surface area contributed by atoms with Gasteiger partial charge in [-0.1, -0.05) is 13.8 Å². The lowest BCUT2D eigenvalue weighted by Crippen LogP contribution is -2.24. The van der Waals surface area contributed by atoms with Crippen LogP contribution in [-0.2, 0) is 4.74 Å². The van der Waals surface area contributed by atoms with Crippen LogP contribution in [0.2, 0.25) is 0 Å². The summed E-state index contributed by atoms with van der Waals surface area (Å²) >= 11 is 0. The van der Waals surface area contributed by atoms with E-state index in [9.17, 15) is 5.11 Å². The molecule has 0 heterocycles. The van der Waals surface area contributed by atoms with Crippen molar-refractivity contribution >= 4 is 0 Å². The van der Waals surface area contributed by atoms with Crippen LogP contribution in [0.25, 0.3) is 0 Å². The van der Waals surface area contributed by atoms with E-state index in [1.165, 1.54) is 0 Å². The summed E-state index contributed by atoms with van der Waals surface area (Å²) in [4.78, 5) is 0. The molecule has 0 saturated carbocycles. The van der Waals surface area contributed by atoms with E-state index in [0.717, 1.165) is 6.42 Å². The molecule has 0 radical (unpaired) electrons. The van der Waals surface area contributed by atoms with Crippen LogP contribution >= 0.6 is 0 Å². The van der Waals surface area contributed by atoms with Gasteiger partial charge in [0.1, 0.15) is 6.10 Å². The second-order valence-electron chi connectivity index (χ2n) is 3.60. The number of aliphatic hydroxyl groups excluding tert-OH is 3. The molecule has 0 aromatic heterocycles. The minimum atomic E-state index is -0.895. The van der Waals surface area contributed by atoms with Crippen molar-refractivity contribution in [1.82, 2.24) is 0 Å². The van der Waals surface area contributed by atoms with E-state index < -0.39 is 12.4 Å². The molecule has 0 fully saturated rings. The minimum Gasteiger partial charge on any atom is -0.394 e. The van der Waals surface area contributed by atoms with Gasteiger partial charge in [0.15, 0.2) is 6.29 Å². The highest BCUT2D eigenvalue weighted by Crippen LogP contribution is 2.07. The van der Waals surface area contributed by atoms with Crippen LogP contribution in [0.1, 0.15) is 26.7 Å². The first kappa shape index (κ1) is 12.8. The summed E-state index contributed by atoms with van der Waals surface area (Å²) in [6, 6.07) is 0. The molecule has 0 aromatic carbocycles. The van der Waals surface area contributed by atoms with Crippen LogP contribution in [0.5, 0.6) is 0 Å². The molecule has 3 N–H and O–H groups in total. The van der Waals surface area contributed by atoms with Crippen LogP contribution in [0.4, 0.5) is 0 Å². The van der Waals surface area contributed by atoms with Crippen molar-refractivity contribution in [2.24, 2.45) is 5.92 Å². The number of rotatable bonds is 7. The Morgan fingerprint density at radius 1 is 1.15 bits per heavy atom. The Bertz CT molecular complexity index is 116. The zero-order valence-corrected chi connectivity index (χ0v) is 8.31. The molecule has 0 spiro atoms. The van der Waals surface area contributed by atoms with E-state index in [1.807, 2.05) is 0 Å². The Morgan fingerprint density at radius 2 is 1.77 bits per heavy atom. The molecule has 2 unspecified atom stereocenters. The number of ether oxygens (including phenoxy) is 1. The quantitative estimate of drug-likeness (QED) is 0.501. The molecule has 0 aliphatic rings. The standard InChI is InChI=1S/C9H20O4/c1-7(2)3-4-9(12)13-6-8(11)5-10/h7-12H,3-6H2,1-2H3. The molecule has 13 heavy (non-hydrogen) atoms. The number of aliphatic hydroxyl groups is 3. The maximum Gasteiger partial charge on any atom is 0.154 e. The van der Waals surface area contributed by atoms with Gasteiger partial charge >= 0.3 is 0 Å². The molecule has 0 rings (SSSR count). The SMILES string of the molecule is CC(C)CCC(O)OCC(O)CO. The summed E-state index contributed by atoms with van der Waals surface area (Å²) < 4.78 is 4.89. The maximum atomic E-state index is 9.23. The molecule has 0 saturated heterocycles. The lowest BCUT2D eigenvalue weighted by molar-refractivity contribution is -0.131. The third-order valence-electron chi connectivity index (χ3n) is 1.68. The summed E-state index contributed by atoms with van der Waals surface area (Å²) in [5.74, 6) is 0.529. The van der Waals surface area contributed by atoms with Gasteiger partial charge in [-0.25, -0.2) is 0 Å². The summed E-state index contributed by atoms with van der Waals surface area (Å²) in [5.41, 5.74) is 0. The Morgan fingerprint density at radius 3 is 2.23 bits per heavy atom. The van der Waals surface area contributed by atoms with E-state index in [4.69, 9.17) is 14.9 Å².